The molecule has 0 aromatic heterocycles. The van der Waals surface area contributed by atoms with Crippen LogP contribution in [0.15, 0.2) is 53.4 Å². The largest absolute Gasteiger partial charge is 0.397 e. The Hall–Kier alpha value is -1.12. The van der Waals surface area contributed by atoms with E-state index in [1.807, 2.05) is 24.3 Å². The minimum atomic E-state index is 0.00152. The first-order valence-electron chi connectivity index (χ1n) is 5.78. The molecule has 0 saturated heterocycles. The predicted octanol–water partition coefficient (Wildman–Crippen LogP) is 4.95. The molecule has 0 aliphatic carbocycles. The molecular formula is C15H16ClNS. The van der Waals surface area contributed by atoms with Gasteiger partial charge in [-0.05, 0) is 37.6 Å². The second-order valence-electron chi connectivity index (χ2n) is 4.66. The van der Waals surface area contributed by atoms with Crippen molar-refractivity contribution in [1.82, 2.24) is 0 Å². The summed E-state index contributed by atoms with van der Waals surface area (Å²) in [6.45, 7) is 4.41. The molecule has 2 rings (SSSR count). The highest BCUT2D eigenvalue weighted by Crippen LogP contribution is 2.41. The van der Waals surface area contributed by atoms with E-state index in [1.54, 1.807) is 11.8 Å². The van der Waals surface area contributed by atoms with E-state index in [4.69, 9.17) is 17.3 Å². The Morgan fingerprint density at radius 2 is 1.72 bits per heavy atom. The van der Waals surface area contributed by atoms with Gasteiger partial charge in [-0.2, -0.15) is 0 Å². The summed E-state index contributed by atoms with van der Waals surface area (Å²) in [5, 5.41) is 0.608. The van der Waals surface area contributed by atoms with Crippen LogP contribution in [0.3, 0.4) is 0 Å². The Kier molecular flexibility index (Phi) is 3.88. The van der Waals surface area contributed by atoms with Crippen LogP contribution in [0.4, 0.5) is 5.69 Å². The summed E-state index contributed by atoms with van der Waals surface area (Å²) in [6.07, 6.45) is 0. The van der Waals surface area contributed by atoms with Crippen LogP contribution in [0.2, 0.25) is 5.02 Å². The molecule has 0 aliphatic rings. The lowest BCUT2D eigenvalue weighted by Gasteiger charge is -2.24. The molecule has 0 bridgehead atoms. The van der Waals surface area contributed by atoms with Gasteiger partial charge in [-0.3, -0.25) is 0 Å². The molecule has 2 N–H and O–H groups in total. The maximum absolute atomic E-state index is 5.93. The number of rotatable bonds is 3. The van der Waals surface area contributed by atoms with E-state index in [1.165, 1.54) is 5.56 Å². The maximum Gasteiger partial charge on any atom is 0.0636 e. The number of hydrogen-bond donors (Lipinski definition) is 1. The van der Waals surface area contributed by atoms with E-state index in [2.05, 4.69) is 38.1 Å². The van der Waals surface area contributed by atoms with Crippen molar-refractivity contribution in [3.63, 3.8) is 0 Å². The Morgan fingerprint density at radius 1 is 1.06 bits per heavy atom. The van der Waals surface area contributed by atoms with Gasteiger partial charge in [-0.25, -0.2) is 0 Å². The maximum atomic E-state index is 5.93. The van der Waals surface area contributed by atoms with E-state index in [9.17, 15) is 0 Å². The van der Waals surface area contributed by atoms with Crippen LogP contribution in [0, 0.1) is 0 Å². The molecule has 0 amide bonds. The smallest absolute Gasteiger partial charge is 0.0636 e. The molecule has 0 unspecified atom stereocenters. The molecule has 0 spiro atoms. The fourth-order valence-corrected chi connectivity index (χ4v) is 3.06. The van der Waals surface area contributed by atoms with E-state index >= 15 is 0 Å². The van der Waals surface area contributed by atoms with Gasteiger partial charge < -0.3 is 5.73 Å². The zero-order valence-electron chi connectivity index (χ0n) is 10.5. The number of benzene rings is 2. The molecule has 3 heteroatoms. The van der Waals surface area contributed by atoms with Crippen molar-refractivity contribution in [2.75, 3.05) is 5.73 Å². The van der Waals surface area contributed by atoms with Crippen LogP contribution < -0.4 is 5.73 Å². The summed E-state index contributed by atoms with van der Waals surface area (Å²) in [7, 11) is 0. The molecule has 94 valence electrons. The van der Waals surface area contributed by atoms with E-state index in [-0.39, 0.29) is 4.75 Å². The van der Waals surface area contributed by atoms with Gasteiger partial charge >= 0.3 is 0 Å². The first-order chi connectivity index (χ1) is 8.49. The first kappa shape index (κ1) is 13.3. The van der Waals surface area contributed by atoms with Crippen molar-refractivity contribution in [3.05, 3.63) is 59.1 Å². The van der Waals surface area contributed by atoms with Crippen LogP contribution >= 0.6 is 23.4 Å². The molecule has 0 heterocycles. The van der Waals surface area contributed by atoms with Crippen molar-refractivity contribution in [2.24, 2.45) is 0 Å². The molecule has 0 radical (unpaired) electrons. The lowest BCUT2D eigenvalue weighted by atomic mass is 10.0. The van der Waals surface area contributed by atoms with Gasteiger partial charge in [-0.15, -0.1) is 11.8 Å². The lowest BCUT2D eigenvalue weighted by molar-refractivity contribution is 0.782. The molecule has 0 aliphatic heterocycles. The SMILES string of the molecule is CC(C)(Sc1ccc(Cl)c(N)c1)c1ccccc1. The van der Waals surface area contributed by atoms with Crippen molar-refractivity contribution >= 4 is 29.1 Å². The second-order valence-corrected chi connectivity index (χ2v) is 6.77. The van der Waals surface area contributed by atoms with Gasteiger partial charge in [-0.1, -0.05) is 41.9 Å². The fraction of sp³-hybridized carbons (Fsp3) is 0.200. The standard InChI is InChI=1S/C15H16ClNS/c1-15(2,11-6-4-3-5-7-11)18-12-8-9-13(16)14(17)10-12/h3-10H,17H2,1-2H3. The molecule has 2 aromatic carbocycles. The molecule has 0 atom stereocenters. The predicted molar refractivity (Wildman–Crippen MR) is 81.2 cm³/mol. The Balaban J connectivity index is 2.25. The number of nitrogen functional groups attached to an aromatic ring is 1. The monoisotopic (exact) mass is 277 g/mol. The highest BCUT2D eigenvalue weighted by molar-refractivity contribution is 8.00. The van der Waals surface area contributed by atoms with Crippen molar-refractivity contribution in [3.8, 4) is 0 Å². The minimum absolute atomic E-state index is 0.00152. The molecule has 0 saturated carbocycles. The molecule has 18 heavy (non-hydrogen) atoms. The van der Waals surface area contributed by atoms with Gasteiger partial charge in [0.15, 0.2) is 0 Å². The summed E-state index contributed by atoms with van der Waals surface area (Å²) >= 11 is 7.72. The molecule has 2 aromatic rings. The summed E-state index contributed by atoms with van der Waals surface area (Å²) in [5.74, 6) is 0. The second kappa shape index (κ2) is 5.25. The Bertz CT molecular complexity index is 537. The number of halogens is 1. The zero-order chi connectivity index (χ0) is 13.2. The van der Waals surface area contributed by atoms with Gasteiger partial charge in [0.05, 0.1) is 10.7 Å². The number of anilines is 1. The lowest BCUT2D eigenvalue weighted by Crippen LogP contribution is -2.11. The van der Waals surface area contributed by atoms with Crippen molar-refractivity contribution in [2.45, 2.75) is 23.5 Å². The summed E-state index contributed by atoms with van der Waals surface area (Å²) < 4.78 is 0.00152. The Labute approximate surface area is 117 Å². The fourth-order valence-electron chi connectivity index (χ4n) is 1.78. The normalized spacial score (nSPS) is 11.5. The summed E-state index contributed by atoms with van der Waals surface area (Å²) in [4.78, 5) is 1.13. The quantitative estimate of drug-likeness (QED) is 0.634. The number of hydrogen-bond acceptors (Lipinski definition) is 2. The van der Waals surface area contributed by atoms with Crippen LogP contribution in [-0.2, 0) is 4.75 Å². The molecule has 0 fully saturated rings. The van der Waals surface area contributed by atoms with Crippen molar-refractivity contribution in [1.29, 1.82) is 0 Å². The number of thioether (sulfide) groups is 1. The van der Waals surface area contributed by atoms with Crippen LogP contribution in [-0.4, -0.2) is 0 Å². The van der Waals surface area contributed by atoms with Crippen LogP contribution in [0.1, 0.15) is 19.4 Å². The van der Waals surface area contributed by atoms with Gasteiger partial charge in [0, 0.05) is 9.64 Å². The minimum Gasteiger partial charge on any atom is -0.397 e. The summed E-state index contributed by atoms with van der Waals surface area (Å²) in [6, 6.07) is 16.2. The van der Waals surface area contributed by atoms with Crippen LogP contribution in [0.5, 0.6) is 0 Å². The molecule has 1 nitrogen and oxygen atoms in total. The summed E-state index contributed by atoms with van der Waals surface area (Å²) in [5.41, 5.74) is 7.76. The highest BCUT2D eigenvalue weighted by atomic mass is 35.5. The average Bonchev–Trinajstić information content (AvgIpc) is 2.35. The third-order valence-corrected chi connectivity index (χ3v) is 4.39. The van der Waals surface area contributed by atoms with E-state index in [0.29, 0.717) is 10.7 Å². The first-order valence-corrected chi connectivity index (χ1v) is 6.98. The van der Waals surface area contributed by atoms with Gasteiger partial charge in [0.1, 0.15) is 0 Å². The highest BCUT2D eigenvalue weighted by Gasteiger charge is 2.21. The topological polar surface area (TPSA) is 26.0 Å². The van der Waals surface area contributed by atoms with Crippen LogP contribution in [0.25, 0.3) is 0 Å². The Morgan fingerprint density at radius 3 is 2.33 bits per heavy atom. The third-order valence-electron chi connectivity index (χ3n) is 2.81. The van der Waals surface area contributed by atoms with E-state index in [0.717, 1.165) is 4.90 Å². The molecular weight excluding hydrogens is 262 g/mol. The van der Waals surface area contributed by atoms with E-state index < -0.39 is 0 Å². The average molecular weight is 278 g/mol. The zero-order valence-corrected chi connectivity index (χ0v) is 12.1. The third kappa shape index (κ3) is 3.01. The van der Waals surface area contributed by atoms with Gasteiger partial charge in [0.25, 0.3) is 0 Å². The van der Waals surface area contributed by atoms with Crippen molar-refractivity contribution < 1.29 is 0 Å². The number of nitrogens with two attached hydrogens (primary N) is 1. The van der Waals surface area contributed by atoms with Gasteiger partial charge in [0.2, 0.25) is 0 Å².